The van der Waals surface area contributed by atoms with Gasteiger partial charge in [-0.3, -0.25) is 47.9 Å². The third-order valence-corrected chi connectivity index (χ3v) is 20.3. The number of nitrogens with two attached hydrogens (primary N) is 1. The summed E-state index contributed by atoms with van der Waals surface area (Å²) >= 11 is 0. The van der Waals surface area contributed by atoms with Crippen molar-refractivity contribution in [3.63, 3.8) is 0 Å². The van der Waals surface area contributed by atoms with Crippen molar-refractivity contribution in [2.24, 2.45) is 40.7 Å². The number of nitrogens with zero attached hydrogens (tertiary/aromatic N) is 8. The van der Waals surface area contributed by atoms with Crippen molar-refractivity contribution in [2.45, 2.75) is 224 Å². The fourth-order valence-corrected chi connectivity index (χ4v) is 14.2. The van der Waals surface area contributed by atoms with Crippen molar-refractivity contribution in [3.05, 3.63) is 12.2 Å². The molecule has 1 aliphatic heterocycles. The van der Waals surface area contributed by atoms with E-state index in [9.17, 15) is 69.9 Å². The van der Waals surface area contributed by atoms with E-state index in [1.54, 1.807) is 33.0 Å². The lowest BCUT2D eigenvalue weighted by Gasteiger charge is -2.52. The highest BCUT2D eigenvalue weighted by molar-refractivity contribution is 5.98. The quantitative estimate of drug-likeness (QED) is 0.0435. The molecule has 3 unspecified atom stereocenters. The minimum atomic E-state index is -4.36. The molecule has 4 N–H and O–H groups in total. The van der Waals surface area contributed by atoms with Crippen LogP contribution in [0.3, 0.4) is 0 Å². The Bertz CT molecular complexity index is 2620. The van der Waals surface area contributed by atoms with Crippen molar-refractivity contribution in [2.75, 3.05) is 89.7 Å². The van der Waals surface area contributed by atoms with Crippen molar-refractivity contribution in [1.29, 1.82) is 0 Å². The number of alkyl halides is 5. The maximum atomic E-state index is 15.0. The summed E-state index contributed by atoms with van der Waals surface area (Å²) in [5, 5.41) is 5.56. The number of nitrogens with one attached hydrogen (secondary N) is 2. The molecule has 0 bridgehead atoms. The Balaban J connectivity index is 1.47. The van der Waals surface area contributed by atoms with Gasteiger partial charge in [0.15, 0.2) is 0 Å². The van der Waals surface area contributed by atoms with Gasteiger partial charge < -0.3 is 60.3 Å². The number of methoxy groups -OCH3 is 1. The van der Waals surface area contributed by atoms with Gasteiger partial charge in [-0.2, -0.15) is 13.2 Å². The Labute approximate surface area is 548 Å². The first-order valence-electron chi connectivity index (χ1n) is 33.3. The number of ether oxygens (including phenoxy) is 1. The van der Waals surface area contributed by atoms with E-state index < -0.39 is 157 Å². The maximum absolute atomic E-state index is 15.0. The van der Waals surface area contributed by atoms with Crippen molar-refractivity contribution in [1.82, 2.24) is 49.8 Å². The van der Waals surface area contributed by atoms with E-state index in [1.807, 2.05) is 27.7 Å². The number of carbonyl (C=O) groups is 10. The minimum absolute atomic E-state index is 0.00767. The molecule has 27 heteroatoms. The molecule has 3 saturated carbocycles. The Kier molecular flexibility index (Phi) is 29.1. The Morgan fingerprint density at radius 3 is 1.91 bits per heavy atom. The summed E-state index contributed by atoms with van der Waals surface area (Å²) in [6.07, 6.45) is 1.21. The molecule has 0 saturated heterocycles. The van der Waals surface area contributed by atoms with Gasteiger partial charge in [0.1, 0.15) is 36.3 Å². The van der Waals surface area contributed by atoms with Crippen LogP contribution in [0.25, 0.3) is 0 Å². The van der Waals surface area contributed by atoms with Gasteiger partial charge in [0, 0.05) is 89.4 Å². The van der Waals surface area contributed by atoms with Crippen LogP contribution in [0, 0.1) is 35.0 Å². The summed E-state index contributed by atoms with van der Waals surface area (Å²) in [6, 6.07) is -7.24. The summed E-state index contributed by atoms with van der Waals surface area (Å²) in [7, 11) is 12.7. The van der Waals surface area contributed by atoms with Gasteiger partial charge in [0.05, 0.1) is 37.1 Å². The average molecular weight is 1330 g/mol. The second-order valence-corrected chi connectivity index (χ2v) is 28.1. The van der Waals surface area contributed by atoms with E-state index in [-0.39, 0.29) is 80.7 Å². The molecule has 0 aromatic carbocycles. The number of hydrogen-bond acceptors (Lipinski definition) is 12. The molecular formula is C66H110F5N11O11. The average Bonchev–Trinajstić information content (AvgIpc) is 0.753. The molecule has 0 aromatic heterocycles. The first-order valence-corrected chi connectivity index (χ1v) is 33.3. The van der Waals surface area contributed by atoms with Crippen LogP contribution in [-0.4, -0.2) is 248 Å². The van der Waals surface area contributed by atoms with Crippen LogP contribution >= 0.6 is 0 Å². The Hall–Kier alpha value is -5.99. The fraction of sp³-hybridized carbons (Fsp3) is 0.818. The standard InChI is InChI=1S/C66H110F5N11O11/c1-17-41(4)54(74-56(86)42(5)78(12)52(84)36-48(57(87)75(8)9)80(14)61(91)55(45(18-2)19-3)81(15)62(92)64(72)39-63(6,7)40-64)60(90)77(11)38-53(85)79(13)47-25-21-20-22-33-82(59(47)89)49(34-44-28-30-65(67,68)31-29-44)58(88)76(10)37-51(83)73-32-23-24-43-26-27-46(66(69,70)71)50(35-43)93-16/h20-21,41-50,54-55H,17-19,22-40,72H2,1-16H3,(H,73,83)(H,74,86)/b21-20-/t41-,42-,43?,46?,47-,48-,49-,50?,54-,55-/m0/s1. The SMILES string of the molecule is CCC(CC)[C@@H](C(=O)N(C)[C@@H](CC(=O)N(C)[C@@H](C)C(=O)N[C@H](C(=O)N(C)CC(=O)N(C)[C@H]1C/C=C\CCN([C@@H](CC2CCC(F)(F)CC2)C(=O)N(C)CC(=O)NCCCC2CCC(C(F)(F)F)C(OC)C2)C1=O)[C@@H](C)CC)C(=O)N(C)C)N(C)C(=O)C1(N)CC(C)(C)C1. The first-order chi connectivity index (χ1) is 43.2. The first kappa shape index (κ1) is 79.4. The number of hydrogen-bond donors (Lipinski definition) is 3. The number of halogens is 5. The highest BCUT2D eigenvalue weighted by atomic mass is 19.4. The number of rotatable bonds is 30. The zero-order valence-electron chi connectivity index (χ0n) is 58.2. The van der Waals surface area contributed by atoms with E-state index >= 15 is 0 Å². The fourth-order valence-electron chi connectivity index (χ4n) is 14.2. The van der Waals surface area contributed by atoms with Crippen LogP contribution in [0.4, 0.5) is 22.0 Å². The van der Waals surface area contributed by atoms with E-state index in [4.69, 9.17) is 10.5 Å². The zero-order valence-corrected chi connectivity index (χ0v) is 58.2. The van der Waals surface area contributed by atoms with E-state index in [2.05, 4.69) is 10.6 Å². The van der Waals surface area contributed by atoms with Gasteiger partial charge in [-0.05, 0) is 113 Å². The number of carbonyl (C=O) groups excluding carboxylic acids is 10. The predicted molar refractivity (Wildman–Crippen MR) is 341 cm³/mol. The van der Waals surface area contributed by atoms with Gasteiger partial charge in [0.2, 0.25) is 65.0 Å². The molecule has 530 valence electrons. The molecule has 0 aromatic rings. The van der Waals surface area contributed by atoms with Gasteiger partial charge in [-0.25, -0.2) is 8.78 Å². The highest BCUT2D eigenvalue weighted by Crippen LogP contribution is 2.48. The lowest BCUT2D eigenvalue weighted by atomic mass is 9.59. The maximum Gasteiger partial charge on any atom is 0.394 e. The van der Waals surface area contributed by atoms with Gasteiger partial charge in [0.25, 0.3) is 0 Å². The highest BCUT2D eigenvalue weighted by Gasteiger charge is 2.55. The molecule has 3 aliphatic carbocycles. The molecule has 0 spiro atoms. The predicted octanol–water partition coefficient (Wildman–Crippen LogP) is 5.85. The summed E-state index contributed by atoms with van der Waals surface area (Å²) in [4.78, 5) is 153. The van der Waals surface area contributed by atoms with Crippen molar-refractivity contribution < 1.29 is 74.6 Å². The van der Waals surface area contributed by atoms with Crippen molar-refractivity contribution >= 4 is 59.1 Å². The van der Waals surface area contributed by atoms with Crippen LogP contribution in [0.15, 0.2) is 12.2 Å². The summed E-state index contributed by atoms with van der Waals surface area (Å²) in [6.45, 7) is 12.0. The molecule has 10 amide bonds. The summed E-state index contributed by atoms with van der Waals surface area (Å²) in [5.74, 6) is -11.7. The largest absolute Gasteiger partial charge is 0.394 e. The second-order valence-electron chi connectivity index (χ2n) is 28.1. The summed E-state index contributed by atoms with van der Waals surface area (Å²) < 4.78 is 74.8. The molecule has 3 fully saturated rings. The molecule has 0 radical (unpaired) electrons. The number of likely N-dealkylation sites (N-methyl/N-ethyl adjacent to an activating group) is 7. The Morgan fingerprint density at radius 2 is 1.37 bits per heavy atom. The molecular weight excluding hydrogens is 1220 g/mol. The van der Waals surface area contributed by atoms with Crippen LogP contribution in [-0.2, 0) is 52.7 Å². The summed E-state index contributed by atoms with van der Waals surface area (Å²) in [5.41, 5.74) is 5.29. The van der Waals surface area contributed by atoms with Crippen LogP contribution in [0.2, 0.25) is 0 Å². The lowest BCUT2D eigenvalue weighted by molar-refractivity contribution is -0.215. The van der Waals surface area contributed by atoms with Gasteiger partial charge in [-0.15, -0.1) is 0 Å². The second kappa shape index (κ2) is 34.1. The molecule has 4 aliphatic rings. The lowest BCUT2D eigenvalue weighted by Crippen LogP contribution is -2.68. The van der Waals surface area contributed by atoms with E-state index in [0.717, 1.165) is 9.80 Å². The number of amides is 10. The third-order valence-electron chi connectivity index (χ3n) is 20.3. The van der Waals surface area contributed by atoms with Gasteiger partial charge in [-0.1, -0.05) is 73.0 Å². The van der Waals surface area contributed by atoms with Crippen molar-refractivity contribution in [3.8, 4) is 0 Å². The minimum Gasteiger partial charge on any atom is -0.381 e. The molecule has 93 heavy (non-hydrogen) atoms. The normalized spacial score (nSPS) is 22.8. The van der Waals surface area contributed by atoms with Crippen LogP contribution in [0.5, 0.6) is 0 Å². The monoisotopic (exact) mass is 1330 g/mol. The molecule has 4 rings (SSSR count). The molecule has 10 atom stereocenters. The zero-order chi connectivity index (χ0) is 70.4. The molecule has 22 nitrogen and oxygen atoms in total. The van der Waals surface area contributed by atoms with Crippen LogP contribution in [0.1, 0.15) is 164 Å². The smallest absolute Gasteiger partial charge is 0.381 e. The molecule has 1 heterocycles. The van der Waals surface area contributed by atoms with Crippen LogP contribution < -0.4 is 16.4 Å². The van der Waals surface area contributed by atoms with Gasteiger partial charge >= 0.3 is 6.18 Å². The Morgan fingerprint density at radius 1 is 0.763 bits per heavy atom. The third kappa shape index (κ3) is 21.0. The van der Waals surface area contributed by atoms with E-state index in [0.29, 0.717) is 57.8 Å². The van der Waals surface area contributed by atoms with E-state index in [1.165, 1.54) is 92.8 Å². The topological polar surface area (TPSA) is 256 Å².